The van der Waals surface area contributed by atoms with Gasteiger partial charge in [0, 0.05) is 37.2 Å². The number of halogens is 2. The second-order valence-electron chi connectivity index (χ2n) is 3.79. The number of rotatable bonds is 1. The summed E-state index contributed by atoms with van der Waals surface area (Å²) >= 11 is -1.81. The molecule has 0 amide bonds. The standard InChI is InChI=1S/3C5H5N.C2H5N.2ClH.Ti/c3*1-2-4-6-5-3-1;1-2-3;;;/h3*1-5H;2H2,1H3;2*1H;/q;;;;;;+2/p-2. The maximum atomic E-state index is 5.34. The van der Waals surface area contributed by atoms with Gasteiger partial charge in [-0.05, 0) is 36.4 Å². The maximum absolute atomic E-state index is 5.34. The molecule has 0 aliphatic heterocycles. The first kappa shape index (κ1) is 22.5. The summed E-state index contributed by atoms with van der Waals surface area (Å²) in [5.41, 5.74) is 0. The van der Waals surface area contributed by atoms with Crippen molar-refractivity contribution in [2.45, 2.75) is 6.92 Å². The first-order valence-corrected chi connectivity index (χ1v) is 12.2. The van der Waals surface area contributed by atoms with Crippen molar-refractivity contribution in [1.82, 2.24) is 15.0 Å². The molecule has 3 heterocycles. The zero-order chi connectivity index (χ0) is 17.7. The monoisotopic (exact) mass is 398 g/mol. The van der Waals surface area contributed by atoms with E-state index in [9.17, 15) is 0 Å². The van der Waals surface area contributed by atoms with Crippen molar-refractivity contribution in [2.75, 3.05) is 6.54 Å². The van der Waals surface area contributed by atoms with Crippen LogP contribution in [-0.2, 0) is 15.6 Å². The third kappa shape index (κ3) is 20.5. The first-order chi connectivity index (χ1) is 11.8. The van der Waals surface area contributed by atoms with Crippen LogP contribution >= 0.6 is 18.6 Å². The van der Waals surface area contributed by atoms with Gasteiger partial charge >= 0.3 is 51.1 Å². The van der Waals surface area contributed by atoms with Crippen LogP contribution in [0.4, 0.5) is 0 Å². The number of nitrogens with zero attached hydrogens (tertiary/aromatic N) is 4. The summed E-state index contributed by atoms with van der Waals surface area (Å²) in [5.74, 6) is 0. The molecule has 126 valence electrons. The molecule has 0 aromatic carbocycles. The van der Waals surface area contributed by atoms with Crippen molar-refractivity contribution in [3.05, 3.63) is 91.8 Å². The van der Waals surface area contributed by atoms with Gasteiger partial charge in [-0.3, -0.25) is 15.0 Å². The molecule has 4 nitrogen and oxygen atoms in total. The summed E-state index contributed by atoms with van der Waals surface area (Å²) in [6.07, 6.45) is 10.5. The Hall–Kier alpha value is -1.46. The molecule has 0 N–H and O–H groups in total. The third-order valence-electron chi connectivity index (χ3n) is 1.98. The van der Waals surface area contributed by atoms with Crippen LogP contribution in [-0.4, -0.2) is 21.5 Å². The summed E-state index contributed by atoms with van der Waals surface area (Å²) in [4.78, 5) is 11.4. The van der Waals surface area contributed by atoms with Gasteiger partial charge in [0.15, 0.2) is 0 Å². The van der Waals surface area contributed by atoms with Gasteiger partial charge in [0.05, 0.1) is 0 Å². The fourth-order valence-corrected chi connectivity index (χ4v) is 2.42. The Balaban J connectivity index is 0.000000294. The Kier molecular flexibility index (Phi) is 18.4. The summed E-state index contributed by atoms with van der Waals surface area (Å²) in [5, 5.41) is 0. The average Bonchev–Trinajstić information content (AvgIpc) is 2.67. The fourth-order valence-electron chi connectivity index (χ4n) is 1.06. The van der Waals surface area contributed by atoms with E-state index in [1.165, 1.54) is 0 Å². The van der Waals surface area contributed by atoms with Gasteiger partial charge < -0.3 is 0 Å². The van der Waals surface area contributed by atoms with E-state index in [0.717, 1.165) is 6.54 Å². The Morgan fingerprint density at radius 3 is 0.958 bits per heavy atom. The summed E-state index contributed by atoms with van der Waals surface area (Å²) < 4.78 is 3.82. The molecule has 0 aliphatic carbocycles. The van der Waals surface area contributed by atoms with Crippen molar-refractivity contribution < 1.29 is 15.6 Å². The van der Waals surface area contributed by atoms with Gasteiger partial charge in [-0.2, -0.15) is 0 Å². The Morgan fingerprint density at radius 2 is 0.917 bits per heavy atom. The largest absolute Gasteiger partial charge is 0.265 e. The molecule has 3 aromatic rings. The van der Waals surface area contributed by atoms with Crippen molar-refractivity contribution in [3.8, 4) is 0 Å². The van der Waals surface area contributed by atoms with E-state index in [1.54, 1.807) is 37.2 Å². The Morgan fingerprint density at radius 1 is 0.625 bits per heavy atom. The summed E-state index contributed by atoms with van der Waals surface area (Å²) in [6, 6.07) is 17.1. The van der Waals surface area contributed by atoms with Gasteiger partial charge in [0.2, 0.25) is 0 Å². The number of hydrogen-bond donors (Lipinski definition) is 0. The van der Waals surface area contributed by atoms with Crippen LogP contribution < -0.4 is 0 Å². The minimum Gasteiger partial charge on any atom is -0.265 e. The van der Waals surface area contributed by atoms with Gasteiger partial charge in [-0.25, -0.2) is 0 Å². The van der Waals surface area contributed by atoms with E-state index in [0.29, 0.717) is 0 Å². The van der Waals surface area contributed by atoms with Crippen LogP contribution in [0.25, 0.3) is 0 Å². The molecule has 3 rings (SSSR count). The van der Waals surface area contributed by atoms with Gasteiger partial charge in [0.25, 0.3) is 0 Å². The smallest absolute Gasteiger partial charge is 0.0267 e. The van der Waals surface area contributed by atoms with Crippen LogP contribution in [0.2, 0.25) is 0 Å². The second kappa shape index (κ2) is 19.6. The molecule has 7 heteroatoms. The predicted octanol–water partition coefficient (Wildman–Crippen LogP) is 5.36. The molecule has 0 fully saturated rings. The molecule has 0 bridgehead atoms. The molecule has 0 unspecified atom stereocenters. The van der Waals surface area contributed by atoms with E-state index in [2.05, 4.69) is 18.4 Å². The van der Waals surface area contributed by atoms with Gasteiger partial charge in [-0.1, -0.05) is 18.2 Å². The zero-order valence-corrected chi connectivity index (χ0v) is 16.5. The summed E-state index contributed by atoms with van der Waals surface area (Å²) in [6.45, 7) is 2.69. The second-order valence-corrected chi connectivity index (χ2v) is 8.78. The van der Waals surface area contributed by atoms with Crippen molar-refractivity contribution in [2.24, 2.45) is 3.42 Å². The first-order valence-electron chi connectivity index (χ1n) is 7.17. The molecular formula is C17H20Cl2N4Ti. The molecular weight excluding hydrogens is 379 g/mol. The van der Waals surface area contributed by atoms with Crippen LogP contribution in [0.15, 0.2) is 95.2 Å². The van der Waals surface area contributed by atoms with Crippen LogP contribution in [0.3, 0.4) is 0 Å². The number of aromatic nitrogens is 3. The van der Waals surface area contributed by atoms with Gasteiger partial charge in [-0.15, -0.1) is 0 Å². The minimum absolute atomic E-state index is 0.766. The quantitative estimate of drug-likeness (QED) is 0.518. The predicted molar refractivity (Wildman–Crippen MR) is 97.4 cm³/mol. The molecule has 0 spiro atoms. The van der Waals surface area contributed by atoms with E-state index >= 15 is 0 Å². The molecule has 0 saturated heterocycles. The van der Waals surface area contributed by atoms with E-state index in [1.807, 2.05) is 61.5 Å². The van der Waals surface area contributed by atoms with Crippen LogP contribution in [0, 0.1) is 0 Å². The van der Waals surface area contributed by atoms with Crippen LogP contribution in [0.5, 0.6) is 0 Å². The number of pyridine rings is 3. The molecule has 3 aromatic heterocycles. The van der Waals surface area contributed by atoms with Gasteiger partial charge in [0.1, 0.15) is 0 Å². The molecule has 0 atom stereocenters. The average molecular weight is 399 g/mol. The van der Waals surface area contributed by atoms with Crippen molar-refractivity contribution >= 4 is 18.6 Å². The fraction of sp³-hybridized carbons (Fsp3) is 0.118. The molecule has 0 aliphatic rings. The Labute approximate surface area is 157 Å². The topological polar surface area (TPSA) is 51.0 Å². The van der Waals surface area contributed by atoms with E-state index < -0.39 is 15.6 Å². The van der Waals surface area contributed by atoms with Crippen molar-refractivity contribution in [1.29, 1.82) is 0 Å². The van der Waals surface area contributed by atoms with E-state index in [4.69, 9.17) is 18.6 Å². The minimum atomic E-state index is -1.81. The van der Waals surface area contributed by atoms with Crippen molar-refractivity contribution in [3.63, 3.8) is 0 Å². The number of hydrogen-bond acceptors (Lipinski definition) is 4. The van der Waals surface area contributed by atoms with Crippen LogP contribution in [0.1, 0.15) is 6.92 Å². The molecule has 0 radical (unpaired) electrons. The molecule has 0 saturated carbocycles. The SMILES string of the molecule is CC[N]=[Ti]([Cl])[Cl].c1ccncc1.c1ccncc1.c1ccncc1. The van der Waals surface area contributed by atoms with E-state index in [-0.39, 0.29) is 0 Å². The zero-order valence-electron chi connectivity index (χ0n) is 13.4. The summed E-state index contributed by atoms with van der Waals surface area (Å²) in [7, 11) is 10.7. The normalized spacial score (nSPS) is 7.96. The molecule has 24 heavy (non-hydrogen) atoms. The maximum Gasteiger partial charge on any atom is 0.0267 e. The third-order valence-corrected chi connectivity index (χ3v) is 3.83. The Bertz CT molecular complexity index is 440.